The van der Waals surface area contributed by atoms with Crippen LogP contribution in [0.2, 0.25) is 0 Å². The lowest BCUT2D eigenvalue weighted by molar-refractivity contribution is -0.130. The summed E-state index contributed by atoms with van der Waals surface area (Å²) in [6.07, 6.45) is 1.92. The van der Waals surface area contributed by atoms with Crippen molar-refractivity contribution in [2.45, 2.75) is 12.8 Å². The first-order valence-electron chi connectivity index (χ1n) is 4.16. The van der Waals surface area contributed by atoms with Crippen molar-refractivity contribution in [3.63, 3.8) is 0 Å². The molecule has 3 heteroatoms. The van der Waals surface area contributed by atoms with E-state index in [4.69, 9.17) is 0 Å². The lowest BCUT2D eigenvalue weighted by Gasteiger charge is -2.50. The van der Waals surface area contributed by atoms with Crippen LogP contribution in [0.5, 0.6) is 0 Å². The highest BCUT2D eigenvalue weighted by molar-refractivity contribution is 5.77. The highest BCUT2D eigenvalue weighted by Crippen LogP contribution is 2.37. The number of hydrogen-bond acceptors (Lipinski definition) is 2. The number of hydrogen-bond donors (Lipinski definition) is 1. The molecule has 2 aliphatic heterocycles. The largest absolute Gasteiger partial charge is 0.356 e. The number of piperidine rings is 1. The van der Waals surface area contributed by atoms with Crippen LogP contribution in [0.3, 0.4) is 0 Å². The molecule has 2 rings (SSSR count). The van der Waals surface area contributed by atoms with Gasteiger partial charge < -0.3 is 10.2 Å². The average molecular weight is 154 g/mol. The van der Waals surface area contributed by atoms with E-state index >= 15 is 0 Å². The predicted octanol–water partition coefficient (Wildman–Crippen LogP) is -0.172. The van der Waals surface area contributed by atoms with Gasteiger partial charge in [0.1, 0.15) is 0 Å². The van der Waals surface area contributed by atoms with Crippen LogP contribution < -0.4 is 5.32 Å². The molecular weight excluding hydrogens is 140 g/mol. The number of amides is 1. The molecule has 0 radical (unpaired) electrons. The molecule has 0 saturated carbocycles. The van der Waals surface area contributed by atoms with E-state index in [1.54, 1.807) is 0 Å². The van der Waals surface area contributed by atoms with Crippen molar-refractivity contribution in [1.29, 1.82) is 0 Å². The van der Waals surface area contributed by atoms with Crippen molar-refractivity contribution in [2.24, 2.45) is 5.41 Å². The fourth-order valence-electron chi connectivity index (χ4n) is 2.33. The molecule has 2 heterocycles. The zero-order chi connectivity index (χ0) is 7.90. The molecule has 0 atom stereocenters. The van der Waals surface area contributed by atoms with Gasteiger partial charge in [-0.1, -0.05) is 0 Å². The van der Waals surface area contributed by atoms with Crippen molar-refractivity contribution in [3.8, 4) is 0 Å². The Bertz CT molecular complexity index is 179. The van der Waals surface area contributed by atoms with Gasteiger partial charge in [0.05, 0.1) is 0 Å². The predicted molar refractivity (Wildman–Crippen MR) is 42.2 cm³/mol. The van der Waals surface area contributed by atoms with E-state index in [0.29, 0.717) is 5.41 Å². The molecule has 3 nitrogen and oxygen atoms in total. The van der Waals surface area contributed by atoms with Crippen LogP contribution in [0.15, 0.2) is 0 Å². The Morgan fingerprint density at radius 2 is 2.27 bits per heavy atom. The molecule has 2 fully saturated rings. The number of nitrogens with zero attached hydrogens (tertiary/aromatic N) is 1. The monoisotopic (exact) mass is 154 g/mol. The average Bonchev–Trinajstić information content (AvgIpc) is 1.84. The molecule has 0 unspecified atom stereocenters. The Labute approximate surface area is 66.8 Å². The summed E-state index contributed by atoms with van der Waals surface area (Å²) in [5.74, 6) is 0.240. The van der Waals surface area contributed by atoms with Crippen LogP contribution in [-0.4, -0.2) is 37.5 Å². The van der Waals surface area contributed by atoms with E-state index < -0.39 is 0 Å². The van der Waals surface area contributed by atoms with Gasteiger partial charge in [0.25, 0.3) is 0 Å². The molecule has 11 heavy (non-hydrogen) atoms. The van der Waals surface area contributed by atoms with Crippen molar-refractivity contribution < 1.29 is 4.79 Å². The van der Waals surface area contributed by atoms with Gasteiger partial charge in [-0.3, -0.25) is 4.79 Å². The summed E-state index contributed by atoms with van der Waals surface area (Å²) in [5, 5.41) is 2.86. The number of carbonyl (C=O) groups excluding carboxylic acids is 1. The molecule has 0 bridgehead atoms. The minimum Gasteiger partial charge on any atom is -0.356 e. The van der Waals surface area contributed by atoms with Crippen LogP contribution in [0.4, 0.5) is 0 Å². The number of rotatable bonds is 0. The molecule has 62 valence electrons. The van der Waals surface area contributed by atoms with Crippen molar-refractivity contribution in [3.05, 3.63) is 0 Å². The standard InChI is InChI=1S/C8H14N2O/c1-10-5-8(6-10)2-3-9-7(11)4-8/h2-6H2,1H3,(H,9,11). The van der Waals surface area contributed by atoms with Crippen LogP contribution in [0, 0.1) is 5.41 Å². The summed E-state index contributed by atoms with van der Waals surface area (Å²) in [4.78, 5) is 13.3. The topological polar surface area (TPSA) is 32.3 Å². The van der Waals surface area contributed by atoms with Gasteiger partial charge in [-0.05, 0) is 13.5 Å². The van der Waals surface area contributed by atoms with E-state index in [-0.39, 0.29) is 5.91 Å². The maximum atomic E-state index is 11.0. The minimum absolute atomic E-state index is 0.240. The fourth-order valence-corrected chi connectivity index (χ4v) is 2.33. The van der Waals surface area contributed by atoms with Gasteiger partial charge >= 0.3 is 0 Å². The second kappa shape index (κ2) is 2.21. The lowest BCUT2D eigenvalue weighted by Crippen LogP contribution is -2.59. The molecule has 0 aromatic carbocycles. The summed E-state index contributed by atoms with van der Waals surface area (Å²) in [6, 6.07) is 0. The van der Waals surface area contributed by atoms with Gasteiger partial charge in [-0.25, -0.2) is 0 Å². The van der Waals surface area contributed by atoms with Crippen molar-refractivity contribution in [2.75, 3.05) is 26.7 Å². The normalized spacial score (nSPS) is 29.7. The lowest BCUT2D eigenvalue weighted by atomic mass is 9.72. The maximum absolute atomic E-state index is 11.0. The second-order valence-electron chi connectivity index (χ2n) is 3.95. The second-order valence-corrected chi connectivity index (χ2v) is 3.95. The Balaban J connectivity index is 1.98. The fraction of sp³-hybridized carbons (Fsp3) is 0.875. The molecule has 0 aromatic rings. The van der Waals surface area contributed by atoms with Gasteiger partial charge in [0, 0.05) is 31.5 Å². The number of nitrogens with one attached hydrogen (secondary N) is 1. The third-order valence-corrected chi connectivity index (χ3v) is 2.72. The first-order chi connectivity index (χ1) is 5.20. The summed E-state index contributed by atoms with van der Waals surface area (Å²) >= 11 is 0. The van der Waals surface area contributed by atoms with Gasteiger partial charge in [0.2, 0.25) is 5.91 Å². The molecule has 0 aliphatic carbocycles. The van der Waals surface area contributed by atoms with Crippen molar-refractivity contribution >= 4 is 5.91 Å². The summed E-state index contributed by atoms with van der Waals surface area (Å²) in [6.45, 7) is 3.10. The third kappa shape index (κ3) is 1.13. The Hall–Kier alpha value is -0.570. The van der Waals surface area contributed by atoms with Crippen LogP contribution in [0.1, 0.15) is 12.8 Å². The van der Waals surface area contributed by atoms with Crippen molar-refractivity contribution in [1.82, 2.24) is 10.2 Å². The Kier molecular flexibility index (Phi) is 1.42. The molecule has 1 N–H and O–H groups in total. The van der Waals surface area contributed by atoms with E-state index in [1.807, 2.05) is 0 Å². The minimum atomic E-state index is 0.240. The molecule has 2 aliphatic rings. The van der Waals surface area contributed by atoms with Crippen LogP contribution in [-0.2, 0) is 4.79 Å². The molecule has 2 saturated heterocycles. The summed E-state index contributed by atoms with van der Waals surface area (Å²) in [5.41, 5.74) is 0.358. The zero-order valence-electron chi connectivity index (χ0n) is 6.89. The van der Waals surface area contributed by atoms with Gasteiger partial charge in [-0.15, -0.1) is 0 Å². The van der Waals surface area contributed by atoms with E-state index in [0.717, 1.165) is 26.1 Å². The highest BCUT2D eigenvalue weighted by Gasteiger charge is 2.43. The SMILES string of the molecule is CN1CC2(CCNC(=O)C2)C1. The molecular formula is C8H14N2O. The first kappa shape index (κ1) is 7.10. The Morgan fingerprint density at radius 1 is 1.55 bits per heavy atom. The first-order valence-corrected chi connectivity index (χ1v) is 4.16. The van der Waals surface area contributed by atoms with Gasteiger partial charge in [-0.2, -0.15) is 0 Å². The van der Waals surface area contributed by atoms with E-state index in [2.05, 4.69) is 17.3 Å². The summed E-state index contributed by atoms with van der Waals surface area (Å²) < 4.78 is 0. The summed E-state index contributed by atoms with van der Waals surface area (Å²) in [7, 11) is 2.11. The quantitative estimate of drug-likeness (QED) is 0.525. The smallest absolute Gasteiger partial charge is 0.220 e. The molecule has 1 amide bonds. The molecule has 1 spiro atoms. The number of likely N-dealkylation sites (tertiary alicyclic amines) is 1. The zero-order valence-corrected chi connectivity index (χ0v) is 6.89. The van der Waals surface area contributed by atoms with Gasteiger partial charge in [0.15, 0.2) is 0 Å². The van der Waals surface area contributed by atoms with E-state index in [1.165, 1.54) is 6.42 Å². The van der Waals surface area contributed by atoms with Crippen LogP contribution >= 0.6 is 0 Å². The molecule has 0 aromatic heterocycles. The Morgan fingerprint density at radius 3 is 2.82 bits per heavy atom. The number of carbonyl (C=O) groups is 1. The van der Waals surface area contributed by atoms with E-state index in [9.17, 15) is 4.79 Å². The third-order valence-electron chi connectivity index (χ3n) is 2.72. The maximum Gasteiger partial charge on any atom is 0.220 e. The highest BCUT2D eigenvalue weighted by atomic mass is 16.1. The van der Waals surface area contributed by atoms with Crippen LogP contribution in [0.25, 0.3) is 0 Å².